The van der Waals surface area contributed by atoms with Gasteiger partial charge in [0, 0.05) is 18.8 Å². The number of likely N-dealkylation sites (tertiary alicyclic amines) is 1. The Bertz CT molecular complexity index is 664. The van der Waals surface area contributed by atoms with Crippen LogP contribution in [0.3, 0.4) is 0 Å². The fraction of sp³-hybridized carbons (Fsp3) is 0.600. The third-order valence-electron chi connectivity index (χ3n) is 5.33. The van der Waals surface area contributed by atoms with E-state index in [1.807, 2.05) is 4.90 Å². The molecule has 7 nitrogen and oxygen atoms in total. The van der Waals surface area contributed by atoms with E-state index >= 15 is 0 Å². The number of carbonyl (C=O) groups excluding carboxylic acids is 2. The van der Waals surface area contributed by atoms with Gasteiger partial charge in [0.1, 0.15) is 11.9 Å². The molecule has 2 fully saturated rings. The maximum absolute atomic E-state index is 12.9. The molecule has 0 aromatic heterocycles. The second kappa shape index (κ2) is 9.84. The van der Waals surface area contributed by atoms with Crippen LogP contribution in [0.4, 0.5) is 14.9 Å². The molecule has 0 radical (unpaired) electrons. The van der Waals surface area contributed by atoms with Crippen molar-refractivity contribution in [2.45, 2.75) is 56.8 Å². The molecule has 0 unspecified atom stereocenters. The lowest BCUT2D eigenvalue weighted by atomic mass is 9.96. The van der Waals surface area contributed by atoms with E-state index < -0.39 is 12.1 Å². The third kappa shape index (κ3) is 5.65. The highest BCUT2D eigenvalue weighted by Gasteiger charge is 2.33. The minimum atomic E-state index is -0.563. The molecule has 1 aromatic carbocycles. The molecule has 2 aliphatic heterocycles. The number of hydrogen-bond acceptors (Lipinski definition) is 4. The largest absolute Gasteiger partial charge is 0.394 e. The number of nitrogens with one attached hydrogen (secondary N) is 2. The molecule has 3 atom stereocenters. The Hall–Kier alpha value is -2.19. The van der Waals surface area contributed by atoms with Crippen molar-refractivity contribution in [3.8, 4) is 0 Å². The molecule has 2 aliphatic rings. The predicted molar refractivity (Wildman–Crippen MR) is 102 cm³/mol. The molecule has 0 spiro atoms. The number of benzene rings is 1. The molecule has 2 saturated heterocycles. The number of amides is 3. The van der Waals surface area contributed by atoms with Crippen LogP contribution in [0.2, 0.25) is 0 Å². The van der Waals surface area contributed by atoms with Gasteiger partial charge >= 0.3 is 6.03 Å². The lowest BCUT2D eigenvalue weighted by molar-refractivity contribution is -0.141. The monoisotopic (exact) mass is 393 g/mol. The van der Waals surface area contributed by atoms with Gasteiger partial charge in [-0.05, 0) is 56.4 Å². The van der Waals surface area contributed by atoms with Crippen LogP contribution in [0, 0.1) is 5.82 Å². The maximum Gasteiger partial charge on any atom is 0.319 e. The molecular weight excluding hydrogens is 365 g/mol. The van der Waals surface area contributed by atoms with Crippen molar-refractivity contribution in [1.29, 1.82) is 0 Å². The van der Waals surface area contributed by atoms with Crippen molar-refractivity contribution in [3.05, 3.63) is 30.1 Å². The number of urea groups is 1. The Labute approximate surface area is 164 Å². The minimum absolute atomic E-state index is 0.0989. The molecule has 2 heterocycles. The second-order valence-corrected chi connectivity index (χ2v) is 7.41. The van der Waals surface area contributed by atoms with Crippen LogP contribution < -0.4 is 10.6 Å². The number of anilines is 1. The van der Waals surface area contributed by atoms with E-state index in [0.717, 1.165) is 25.9 Å². The van der Waals surface area contributed by atoms with Crippen LogP contribution in [0.25, 0.3) is 0 Å². The van der Waals surface area contributed by atoms with Crippen molar-refractivity contribution >= 4 is 17.6 Å². The molecule has 3 amide bonds. The summed E-state index contributed by atoms with van der Waals surface area (Å²) in [4.78, 5) is 26.5. The van der Waals surface area contributed by atoms with Gasteiger partial charge in [-0.3, -0.25) is 4.79 Å². The number of ether oxygens (including phenoxy) is 1. The standard InChI is InChI=1S/C20H28FN3O4/c21-14-4-6-15(7-5-14)22-20(27)23-17-9-8-16(28-18(17)13-25)12-19(26)24-10-2-1-3-11-24/h4-7,16-18,25H,1-3,8-13H2,(H2,22,23,27)/t16-,17-,18+/m1/s1. The summed E-state index contributed by atoms with van der Waals surface area (Å²) in [5.74, 6) is -0.279. The molecule has 0 saturated carbocycles. The highest BCUT2D eigenvalue weighted by Crippen LogP contribution is 2.23. The van der Waals surface area contributed by atoms with E-state index in [2.05, 4.69) is 10.6 Å². The zero-order valence-corrected chi connectivity index (χ0v) is 15.9. The summed E-state index contributed by atoms with van der Waals surface area (Å²) < 4.78 is 18.8. The first kappa shape index (κ1) is 20.5. The van der Waals surface area contributed by atoms with Gasteiger partial charge in [-0.1, -0.05) is 0 Å². The number of piperidine rings is 1. The first-order chi connectivity index (χ1) is 13.5. The Morgan fingerprint density at radius 3 is 2.54 bits per heavy atom. The molecule has 1 aromatic rings. The number of aliphatic hydroxyl groups excluding tert-OH is 1. The molecule has 154 valence electrons. The number of halogens is 1. The topological polar surface area (TPSA) is 90.9 Å². The minimum Gasteiger partial charge on any atom is -0.394 e. The normalized spacial score (nSPS) is 25.2. The quantitative estimate of drug-likeness (QED) is 0.716. The molecule has 0 aliphatic carbocycles. The van der Waals surface area contributed by atoms with Crippen LogP contribution in [0.1, 0.15) is 38.5 Å². The summed E-state index contributed by atoms with van der Waals surface area (Å²) in [6.07, 6.45) is 4.01. The predicted octanol–water partition coefficient (Wildman–Crippen LogP) is 2.26. The van der Waals surface area contributed by atoms with Gasteiger partial charge in [0.15, 0.2) is 0 Å². The van der Waals surface area contributed by atoms with E-state index in [4.69, 9.17) is 4.74 Å². The fourth-order valence-corrected chi connectivity index (χ4v) is 3.78. The van der Waals surface area contributed by atoms with Crippen molar-refractivity contribution in [2.24, 2.45) is 0 Å². The summed E-state index contributed by atoms with van der Waals surface area (Å²) in [5, 5.41) is 15.1. The first-order valence-electron chi connectivity index (χ1n) is 9.92. The summed E-state index contributed by atoms with van der Waals surface area (Å²) in [7, 11) is 0. The maximum atomic E-state index is 12.9. The van der Waals surface area contributed by atoms with E-state index in [1.54, 1.807) is 0 Å². The lowest BCUT2D eigenvalue weighted by Crippen LogP contribution is -2.52. The number of carbonyl (C=O) groups is 2. The van der Waals surface area contributed by atoms with Gasteiger partial charge in [0.25, 0.3) is 0 Å². The Morgan fingerprint density at radius 2 is 1.86 bits per heavy atom. The SMILES string of the molecule is O=C(Nc1ccc(F)cc1)N[C@@H]1CC[C@H](CC(=O)N2CCCCC2)O[C@H]1CO. The van der Waals surface area contributed by atoms with E-state index in [9.17, 15) is 19.1 Å². The van der Waals surface area contributed by atoms with Crippen molar-refractivity contribution in [3.63, 3.8) is 0 Å². The second-order valence-electron chi connectivity index (χ2n) is 7.41. The molecule has 28 heavy (non-hydrogen) atoms. The van der Waals surface area contributed by atoms with Gasteiger partial charge in [0.05, 0.1) is 25.2 Å². The van der Waals surface area contributed by atoms with Crippen LogP contribution in [-0.2, 0) is 9.53 Å². The van der Waals surface area contributed by atoms with Crippen molar-refractivity contribution in [1.82, 2.24) is 10.2 Å². The van der Waals surface area contributed by atoms with E-state index in [-0.39, 0.29) is 30.5 Å². The van der Waals surface area contributed by atoms with Gasteiger partial charge in [-0.15, -0.1) is 0 Å². The van der Waals surface area contributed by atoms with Crippen LogP contribution in [0.15, 0.2) is 24.3 Å². The zero-order valence-electron chi connectivity index (χ0n) is 15.9. The number of hydrogen-bond donors (Lipinski definition) is 3. The molecule has 0 bridgehead atoms. The van der Waals surface area contributed by atoms with Crippen molar-refractivity contribution in [2.75, 3.05) is 25.0 Å². The van der Waals surface area contributed by atoms with Crippen LogP contribution in [-0.4, -0.2) is 59.9 Å². The molecule has 3 rings (SSSR count). The van der Waals surface area contributed by atoms with Gasteiger partial charge < -0.3 is 25.4 Å². The van der Waals surface area contributed by atoms with E-state index in [1.165, 1.54) is 30.7 Å². The average Bonchev–Trinajstić information content (AvgIpc) is 2.71. The third-order valence-corrected chi connectivity index (χ3v) is 5.33. The summed E-state index contributed by atoms with van der Waals surface area (Å²) in [5.41, 5.74) is 0.473. The number of aliphatic hydroxyl groups is 1. The van der Waals surface area contributed by atoms with E-state index in [0.29, 0.717) is 24.9 Å². The summed E-state index contributed by atoms with van der Waals surface area (Å²) in [6, 6.07) is 4.67. The average molecular weight is 393 g/mol. The molecule has 8 heteroatoms. The highest BCUT2D eigenvalue weighted by atomic mass is 19.1. The van der Waals surface area contributed by atoms with Crippen molar-refractivity contribution < 1.29 is 23.8 Å². The van der Waals surface area contributed by atoms with Crippen LogP contribution >= 0.6 is 0 Å². The number of rotatable bonds is 5. The Morgan fingerprint density at radius 1 is 1.14 bits per heavy atom. The summed E-state index contributed by atoms with van der Waals surface area (Å²) in [6.45, 7) is 1.38. The first-order valence-corrected chi connectivity index (χ1v) is 9.92. The number of nitrogens with zero attached hydrogens (tertiary/aromatic N) is 1. The highest BCUT2D eigenvalue weighted by molar-refractivity contribution is 5.89. The zero-order chi connectivity index (χ0) is 19.9. The molecular formula is C20H28FN3O4. The van der Waals surface area contributed by atoms with Gasteiger partial charge in [-0.25, -0.2) is 9.18 Å². The van der Waals surface area contributed by atoms with Gasteiger partial charge in [0.2, 0.25) is 5.91 Å². The van der Waals surface area contributed by atoms with Gasteiger partial charge in [-0.2, -0.15) is 0 Å². The lowest BCUT2D eigenvalue weighted by Gasteiger charge is -2.37. The fourth-order valence-electron chi connectivity index (χ4n) is 3.78. The smallest absolute Gasteiger partial charge is 0.319 e. The Kier molecular flexibility index (Phi) is 7.22. The Balaban J connectivity index is 1.47. The van der Waals surface area contributed by atoms with Crippen LogP contribution in [0.5, 0.6) is 0 Å². The molecule has 3 N–H and O–H groups in total. The summed E-state index contributed by atoms with van der Waals surface area (Å²) >= 11 is 0.